The van der Waals surface area contributed by atoms with Gasteiger partial charge in [0.25, 0.3) is 0 Å². The molecule has 0 unspecified atom stereocenters. The maximum atomic E-state index is 9.50. The number of nitrogens with zero attached hydrogens (tertiary/aromatic N) is 3. The van der Waals surface area contributed by atoms with Gasteiger partial charge in [0.05, 0.1) is 24.3 Å². The zero-order valence-corrected chi connectivity index (χ0v) is 18.9. The SMILES string of the molecule is CC.CC1=C(C)c2nn(-c3ccc(N4CC(NC5CCC5)C4)cc3)cc2CO1.CF. The normalized spacial score (nSPS) is 18.1. The van der Waals surface area contributed by atoms with E-state index in [-0.39, 0.29) is 0 Å². The van der Waals surface area contributed by atoms with Gasteiger partial charge in [-0.1, -0.05) is 20.3 Å². The molecule has 6 heteroatoms. The number of fused-ring (bicyclic) bond motifs is 1. The van der Waals surface area contributed by atoms with E-state index in [4.69, 9.17) is 9.84 Å². The van der Waals surface area contributed by atoms with Crippen LogP contribution in [0.4, 0.5) is 10.1 Å². The number of anilines is 1. The van der Waals surface area contributed by atoms with Gasteiger partial charge in [0.15, 0.2) is 0 Å². The van der Waals surface area contributed by atoms with Crippen molar-refractivity contribution >= 4 is 11.3 Å². The minimum atomic E-state index is 0.500. The Morgan fingerprint density at radius 1 is 1.00 bits per heavy atom. The lowest BCUT2D eigenvalue weighted by Crippen LogP contribution is -2.61. The van der Waals surface area contributed by atoms with Crippen molar-refractivity contribution in [3.8, 4) is 5.69 Å². The number of nitrogens with one attached hydrogen (secondary N) is 1. The Hall–Kier alpha value is -2.34. The maximum Gasteiger partial charge on any atom is 0.116 e. The van der Waals surface area contributed by atoms with Gasteiger partial charge in [-0.25, -0.2) is 4.68 Å². The quantitative estimate of drug-likeness (QED) is 0.756. The van der Waals surface area contributed by atoms with E-state index in [9.17, 15) is 4.39 Å². The lowest BCUT2D eigenvalue weighted by molar-refractivity contribution is 0.197. The molecule has 1 aromatic carbocycles. The highest BCUT2D eigenvalue weighted by atomic mass is 19.1. The topological polar surface area (TPSA) is 42.3 Å². The van der Waals surface area contributed by atoms with Crippen LogP contribution in [0.1, 0.15) is 58.2 Å². The summed E-state index contributed by atoms with van der Waals surface area (Å²) in [5.41, 5.74) is 5.74. The first-order chi connectivity index (χ1) is 14.7. The fourth-order valence-corrected chi connectivity index (χ4v) is 3.94. The molecule has 2 fully saturated rings. The number of aromatic nitrogens is 2. The molecule has 1 saturated heterocycles. The van der Waals surface area contributed by atoms with Gasteiger partial charge in [-0.05, 0) is 51.0 Å². The summed E-state index contributed by atoms with van der Waals surface area (Å²) in [6, 6.07) is 10.2. The Kier molecular flexibility index (Phi) is 7.53. The molecular weight excluding hydrogens is 379 g/mol. The molecule has 2 aromatic rings. The molecule has 1 aromatic heterocycles. The maximum absolute atomic E-state index is 9.50. The molecule has 3 aliphatic rings. The van der Waals surface area contributed by atoms with E-state index in [1.807, 2.05) is 25.5 Å². The van der Waals surface area contributed by atoms with Gasteiger partial charge in [-0.2, -0.15) is 5.10 Å². The van der Waals surface area contributed by atoms with Gasteiger partial charge < -0.3 is 15.0 Å². The van der Waals surface area contributed by atoms with Gasteiger partial charge in [0, 0.05) is 48.2 Å². The predicted molar refractivity (Wildman–Crippen MR) is 122 cm³/mol. The average molecular weight is 415 g/mol. The number of ether oxygens (including phenoxy) is 1. The van der Waals surface area contributed by atoms with Crippen molar-refractivity contribution in [3.63, 3.8) is 0 Å². The van der Waals surface area contributed by atoms with Crippen molar-refractivity contribution in [2.24, 2.45) is 0 Å². The Morgan fingerprint density at radius 3 is 2.23 bits per heavy atom. The Balaban J connectivity index is 0.000000606. The minimum absolute atomic E-state index is 0.500. The summed E-state index contributed by atoms with van der Waals surface area (Å²) < 4.78 is 17.2. The van der Waals surface area contributed by atoms with E-state index in [1.54, 1.807) is 0 Å². The first kappa shape index (κ1) is 22.3. The second-order valence-electron chi connectivity index (χ2n) is 7.83. The van der Waals surface area contributed by atoms with Crippen LogP contribution >= 0.6 is 0 Å². The number of hydrogen-bond acceptors (Lipinski definition) is 4. The summed E-state index contributed by atoms with van der Waals surface area (Å²) in [7, 11) is 0.500. The highest BCUT2D eigenvalue weighted by Gasteiger charge is 2.30. The molecular formula is C24H35FN4O. The molecule has 0 spiro atoms. The van der Waals surface area contributed by atoms with Gasteiger partial charge in [-0.3, -0.25) is 4.39 Å². The lowest BCUT2D eigenvalue weighted by Gasteiger charge is -2.44. The molecule has 0 atom stereocenters. The molecule has 3 heterocycles. The molecule has 0 amide bonds. The van der Waals surface area contributed by atoms with Crippen molar-refractivity contribution in [2.75, 3.05) is 25.2 Å². The third kappa shape index (κ3) is 4.53. The van der Waals surface area contributed by atoms with Crippen molar-refractivity contribution in [1.82, 2.24) is 15.1 Å². The molecule has 2 aliphatic heterocycles. The van der Waals surface area contributed by atoms with E-state index >= 15 is 0 Å². The smallest absolute Gasteiger partial charge is 0.116 e. The monoisotopic (exact) mass is 414 g/mol. The Labute approximate surface area is 179 Å². The van der Waals surface area contributed by atoms with Gasteiger partial charge >= 0.3 is 0 Å². The van der Waals surface area contributed by atoms with Crippen LogP contribution in [-0.2, 0) is 11.3 Å². The number of alkyl halides is 1. The summed E-state index contributed by atoms with van der Waals surface area (Å²) in [4.78, 5) is 2.44. The molecule has 5 rings (SSSR count). The number of hydrogen-bond donors (Lipinski definition) is 1. The number of halogens is 1. The van der Waals surface area contributed by atoms with Crippen molar-refractivity contribution in [3.05, 3.63) is 47.5 Å². The highest BCUT2D eigenvalue weighted by Crippen LogP contribution is 2.29. The second kappa shape index (κ2) is 10.1. The fourth-order valence-electron chi connectivity index (χ4n) is 3.94. The standard InChI is InChI=1S/C21H26N4O.C2H6.CH3F/c1-14-15(2)26-13-16-10-25(23-21(14)16)20-8-6-19(7-9-20)24-11-18(12-24)22-17-4-3-5-17;2*1-2/h6-10,17-18,22H,3-5,11-13H2,1-2H3;1-2H3;1H3. The molecule has 1 saturated carbocycles. The van der Waals surface area contributed by atoms with Gasteiger partial charge in [-0.15, -0.1) is 0 Å². The summed E-state index contributed by atoms with van der Waals surface area (Å²) in [6.07, 6.45) is 6.20. The highest BCUT2D eigenvalue weighted by molar-refractivity contribution is 5.66. The van der Waals surface area contributed by atoms with E-state index in [0.29, 0.717) is 19.8 Å². The molecule has 30 heavy (non-hydrogen) atoms. The van der Waals surface area contributed by atoms with E-state index in [1.165, 1.54) is 24.9 Å². The zero-order valence-electron chi connectivity index (χ0n) is 18.9. The van der Waals surface area contributed by atoms with Crippen LogP contribution in [0.15, 0.2) is 36.2 Å². The number of rotatable bonds is 4. The second-order valence-corrected chi connectivity index (χ2v) is 7.83. The summed E-state index contributed by atoms with van der Waals surface area (Å²) in [5, 5.41) is 8.53. The summed E-state index contributed by atoms with van der Waals surface area (Å²) >= 11 is 0. The minimum Gasteiger partial charge on any atom is -0.493 e. The van der Waals surface area contributed by atoms with Crippen LogP contribution in [0, 0.1) is 0 Å². The van der Waals surface area contributed by atoms with E-state index in [0.717, 1.165) is 47.4 Å². The van der Waals surface area contributed by atoms with E-state index in [2.05, 4.69) is 47.6 Å². The molecule has 164 valence electrons. The van der Waals surface area contributed by atoms with Crippen LogP contribution in [0.25, 0.3) is 11.3 Å². The van der Waals surface area contributed by atoms with Crippen LogP contribution < -0.4 is 10.2 Å². The van der Waals surface area contributed by atoms with Crippen LogP contribution in [-0.4, -0.2) is 42.1 Å². The Morgan fingerprint density at radius 2 is 1.63 bits per heavy atom. The summed E-state index contributed by atoms with van der Waals surface area (Å²) in [5.74, 6) is 0.973. The van der Waals surface area contributed by atoms with Crippen molar-refractivity contribution in [1.29, 1.82) is 0 Å². The number of allylic oxidation sites excluding steroid dienone is 2. The van der Waals surface area contributed by atoms with Crippen molar-refractivity contribution < 1.29 is 9.13 Å². The average Bonchev–Trinajstić information content (AvgIpc) is 3.17. The van der Waals surface area contributed by atoms with Crippen LogP contribution in [0.2, 0.25) is 0 Å². The first-order valence-corrected chi connectivity index (χ1v) is 11.1. The zero-order chi connectivity index (χ0) is 21.7. The van der Waals surface area contributed by atoms with Crippen LogP contribution in [0.5, 0.6) is 0 Å². The molecule has 1 N–H and O–H groups in total. The number of benzene rings is 1. The Bertz CT molecular complexity index is 849. The predicted octanol–water partition coefficient (Wildman–Crippen LogP) is 5.10. The van der Waals surface area contributed by atoms with Crippen LogP contribution in [0.3, 0.4) is 0 Å². The fraction of sp³-hybridized carbons (Fsp3) is 0.542. The van der Waals surface area contributed by atoms with E-state index < -0.39 is 0 Å². The third-order valence-electron chi connectivity index (χ3n) is 6.06. The molecule has 5 nitrogen and oxygen atoms in total. The first-order valence-electron chi connectivity index (χ1n) is 11.1. The third-order valence-corrected chi connectivity index (χ3v) is 6.06. The van der Waals surface area contributed by atoms with Gasteiger partial charge in [0.1, 0.15) is 6.61 Å². The van der Waals surface area contributed by atoms with Gasteiger partial charge in [0.2, 0.25) is 0 Å². The van der Waals surface area contributed by atoms with Crippen molar-refractivity contribution in [2.45, 2.75) is 65.6 Å². The summed E-state index contributed by atoms with van der Waals surface area (Å²) in [6.45, 7) is 10.9. The molecule has 0 radical (unpaired) electrons. The molecule has 0 bridgehead atoms. The largest absolute Gasteiger partial charge is 0.493 e. The molecule has 1 aliphatic carbocycles. The lowest BCUT2D eigenvalue weighted by atomic mass is 9.91.